The second-order valence-electron chi connectivity index (χ2n) is 5.50. The average molecular weight is 328 g/mol. The second-order valence-corrected chi connectivity index (χ2v) is 6.43. The van der Waals surface area contributed by atoms with Crippen molar-refractivity contribution in [3.05, 3.63) is 23.9 Å². The Morgan fingerprint density at radius 3 is 2.78 bits per heavy atom. The van der Waals surface area contributed by atoms with Crippen LogP contribution in [0.15, 0.2) is 12.7 Å². The van der Waals surface area contributed by atoms with E-state index in [4.69, 9.17) is 12.2 Å². The van der Waals surface area contributed by atoms with Gasteiger partial charge in [0.1, 0.15) is 17.1 Å². The summed E-state index contributed by atoms with van der Waals surface area (Å²) in [5.74, 6) is 1.97. The van der Waals surface area contributed by atoms with Crippen LogP contribution in [0.5, 0.6) is 0 Å². The molecule has 2 atom stereocenters. The summed E-state index contributed by atoms with van der Waals surface area (Å²) in [6.07, 6.45) is 7.30. The van der Waals surface area contributed by atoms with Crippen LogP contribution in [-0.4, -0.2) is 56.4 Å². The number of nitrogens with two attached hydrogens (primary N) is 1. The lowest BCUT2D eigenvalue weighted by molar-refractivity contribution is -0.126. The van der Waals surface area contributed by atoms with E-state index in [0.717, 1.165) is 0 Å². The van der Waals surface area contributed by atoms with Gasteiger partial charge in [-0.2, -0.15) is 5.10 Å². The summed E-state index contributed by atoms with van der Waals surface area (Å²) in [6, 6.07) is -0.0294. The van der Waals surface area contributed by atoms with Gasteiger partial charge in [-0.3, -0.25) is 9.59 Å². The lowest BCUT2D eigenvalue weighted by atomic mass is 10.1. The Morgan fingerprint density at radius 1 is 1.65 bits per heavy atom. The minimum absolute atomic E-state index is 0.0294. The highest BCUT2D eigenvalue weighted by Gasteiger charge is 2.44. The molecular formula is C15H18N5O2Si. The molecule has 2 rings (SSSR count). The molecule has 119 valence electrons. The van der Waals surface area contributed by atoms with Crippen LogP contribution < -0.4 is 11.1 Å². The van der Waals surface area contributed by atoms with Crippen molar-refractivity contribution in [2.45, 2.75) is 24.5 Å². The number of hydrogen-bond acceptors (Lipinski definition) is 4. The molecule has 0 aliphatic carbocycles. The molecule has 1 saturated heterocycles. The standard InChI is InChI=1S/C15H18N5O2Si/c1-5-10-12(13(16)22)14(17-4)20(18-10)15(23)7-9(3)19(8-15)11(21)6-2/h1,6,9,17H,2,7-8H2,3-4H3,(H2,16,22)/t9-,15+/m0/s1. The number of rotatable bonds is 4. The molecule has 0 bridgehead atoms. The van der Waals surface area contributed by atoms with Gasteiger partial charge in [-0.15, -0.1) is 6.42 Å². The first-order valence-corrected chi connectivity index (χ1v) is 7.54. The minimum atomic E-state index is -0.699. The Bertz CT molecular complexity index is 720. The van der Waals surface area contributed by atoms with Crippen molar-refractivity contribution < 1.29 is 9.59 Å². The zero-order chi connectivity index (χ0) is 17.4. The summed E-state index contributed by atoms with van der Waals surface area (Å²) >= 11 is 0. The van der Waals surface area contributed by atoms with Crippen molar-refractivity contribution in [1.29, 1.82) is 0 Å². The van der Waals surface area contributed by atoms with Gasteiger partial charge in [0.2, 0.25) is 5.91 Å². The van der Waals surface area contributed by atoms with Crippen molar-refractivity contribution in [1.82, 2.24) is 14.7 Å². The number of nitrogens with zero attached hydrogens (tertiary/aromatic N) is 3. The Labute approximate surface area is 138 Å². The summed E-state index contributed by atoms with van der Waals surface area (Å²) in [7, 11) is 5.38. The summed E-state index contributed by atoms with van der Waals surface area (Å²) in [4.78, 5) is 25.4. The number of anilines is 1. The van der Waals surface area contributed by atoms with Crippen LogP contribution >= 0.6 is 0 Å². The van der Waals surface area contributed by atoms with Gasteiger partial charge in [0.05, 0.1) is 15.4 Å². The van der Waals surface area contributed by atoms with Gasteiger partial charge in [-0.05, 0) is 25.3 Å². The van der Waals surface area contributed by atoms with E-state index in [1.165, 1.54) is 6.08 Å². The summed E-state index contributed by atoms with van der Waals surface area (Å²) in [5.41, 5.74) is 5.75. The zero-order valence-corrected chi connectivity index (χ0v) is 14.1. The van der Waals surface area contributed by atoms with Crippen LogP contribution in [0.2, 0.25) is 0 Å². The van der Waals surface area contributed by atoms with Gasteiger partial charge in [0.15, 0.2) is 0 Å². The molecule has 23 heavy (non-hydrogen) atoms. The molecule has 1 aliphatic heterocycles. The Hall–Kier alpha value is -2.53. The molecule has 0 aromatic carbocycles. The number of aromatic nitrogens is 2. The van der Waals surface area contributed by atoms with Crippen LogP contribution in [-0.2, 0) is 9.96 Å². The molecule has 1 aromatic rings. The van der Waals surface area contributed by atoms with Crippen LogP contribution in [0, 0.1) is 12.3 Å². The minimum Gasteiger partial charge on any atom is -0.373 e. The predicted molar refractivity (Wildman–Crippen MR) is 87.9 cm³/mol. The molecule has 1 aliphatic rings. The lowest BCUT2D eigenvalue weighted by Gasteiger charge is -2.27. The van der Waals surface area contributed by atoms with Crippen LogP contribution in [0.3, 0.4) is 0 Å². The summed E-state index contributed by atoms with van der Waals surface area (Å²) in [5, 5.41) is 6.56. The quantitative estimate of drug-likeness (QED) is 0.448. The maximum Gasteiger partial charge on any atom is 0.255 e. The van der Waals surface area contributed by atoms with E-state index in [2.05, 4.69) is 33.2 Å². The molecule has 7 nitrogen and oxygen atoms in total. The molecule has 2 amide bonds. The number of primary amides is 1. The highest BCUT2D eigenvalue weighted by Crippen LogP contribution is 2.35. The first kappa shape index (κ1) is 16.8. The van der Waals surface area contributed by atoms with Crippen LogP contribution in [0.25, 0.3) is 0 Å². The first-order valence-electron chi connectivity index (χ1n) is 7.04. The molecule has 0 spiro atoms. The zero-order valence-electron chi connectivity index (χ0n) is 13.1. The maximum absolute atomic E-state index is 12.0. The van der Waals surface area contributed by atoms with E-state index in [0.29, 0.717) is 18.8 Å². The SMILES string of the molecule is C#Cc1nn([C@@]2([Si])C[C@H](C)N(C(=O)C=C)C2)c(NC)c1C(N)=O. The number of likely N-dealkylation sites (tertiary alicyclic amines) is 1. The normalized spacial score (nSPS) is 23.4. The fourth-order valence-electron chi connectivity index (χ4n) is 2.96. The van der Waals surface area contributed by atoms with Crippen molar-refractivity contribution in [2.75, 3.05) is 18.9 Å². The number of terminal acetylenes is 1. The van der Waals surface area contributed by atoms with Crippen molar-refractivity contribution in [3.8, 4) is 12.3 Å². The predicted octanol–water partition coefficient (Wildman–Crippen LogP) is -0.367. The van der Waals surface area contributed by atoms with Gasteiger partial charge < -0.3 is 16.0 Å². The molecule has 8 heteroatoms. The van der Waals surface area contributed by atoms with E-state index in [1.54, 1.807) is 16.6 Å². The monoisotopic (exact) mass is 328 g/mol. The fourth-order valence-corrected chi connectivity index (χ4v) is 3.59. The number of carbonyl (C=O) groups excluding carboxylic acids is 2. The molecule has 1 aromatic heterocycles. The van der Waals surface area contributed by atoms with Gasteiger partial charge in [0, 0.05) is 19.6 Å². The van der Waals surface area contributed by atoms with Gasteiger partial charge >= 0.3 is 0 Å². The summed E-state index contributed by atoms with van der Waals surface area (Å²) < 4.78 is 1.59. The molecule has 0 unspecified atom stereocenters. The van der Waals surface area contributed by atoms with Crippen LogP contribution in [0.4, 0.5) is 5.82 Å². The largest absolute Gasteiger partial charge is 0.373 e. The topological polar surface area (TPSA) is 93.2 Å². The van der Waals surface area contributed by atoms with Gasteiger partial charge in [-0.1, -0.05) is 6.58 Å². The smallest absolute Gasteiger partial charge is 0.255 e. The number of amides is 2. The number of carbonyl (C=O) groups is 2. The van der Waals surface area contributed by atoms with E-state index in [9.17, 15) is 9.59 Å². The Balaban J connectivity index is 2.54. The maximum atomic E-state index is 12.0. The van der Waals surface area contributed by atoms with Gasteiger partial charge in [-0.25, -0.2) is 4.68 Å². The van der Waals surface area contributed by atoms with E-state index >= 15 is 0 Å². The lowest BCUT2D eigenvalue weighted by Crippen LogP contribution is -2.40. The molecular weight excluding hydrogens is 310 g/mol. The molecule has 1 fully saturated rings. The average Bonchev–Trinajstić information content (AvgIpc) is 3.04. The first-order chi connectivity index (χ1) is 10.8. The highest BCUT2D eigenvalue weighted by atomic mass is 28.1. The van der Waals surface area contributed by atoms with Crippen molar-refractivity contribution in [3.63, 3.8) is 0 Å². The van der Waals surface area contributed by atoms with Crippen molar-refractivity contribution >= 4 is 27.9 Å². The highest BCUT2D eigenvalue weighted by molar-refractivity contribution is 6.15. The molecule has 3 radical (unpaired) electrons. The number of nitrogens with one attached hydrogen (secondary N) is 1. The Morgan fingerprint density at radius 2 is 2.30 bits per heavy atom. The Kier molecular flexibility index (Phi) is 4.34. The fraction of sp³-hybridized carbons (Fsp3) is 0.400. The van der Waals surface area contributed by atoms with E-state index < -0.39 is 11.1 Å². The van der Waals surface area contributed by atoms with E-state index in [-0.39, 0.29) is 23.2 Å². The van der Waals surface area contributed by atoms with Crippen molar-refractivity contribution in [2.24, 2.45) is 5.73 Å². The molecule has 0 saturated carbocycles. The third-order valence-corrected chi connectivity index (χ3v) is 4.54. The second kappa shape index (κ2) is 5.93. The molecule has 2 heterocycles. The van der Waals surface area contributed by atoms with Gasteiger partial charge in [0.25, 0.3) is 5.91 Å². The third kappa shape index (κ3) is 2.64. The molecule has 3 N–H and O–H groups in total. The summed E-state index contributed by atoms with van der Waals surface area (Å²) in [6.45, 7) is 5.81. The van der Waals surface area contributed by atoms with Crippen LogP contribution in [0.1, 0.15) is 29.4 Å². The third-order valence-electron chi connectivity index (χ3n) is 3.97. The number of hydrogen-bond donors (Lipinski definition) is 2. The van der Waals surface area contributed by atoms with E-state index in [1.807, 2.05) is 6.92 Å².